The van der Waals surface area contributed by atoms with Crippen LogP contribution in [0, 0.1) is 0 Å². The van der Waals surface area contributed by atoms with Gasteiger partial charge in [0.25, 0.3) is 0 Å². The van der Waals surface area contributed by atoms with Crippen molar-refractivity contribution in [1.82, 2.24) is 5.32 Å². The van der Waals surface area contributed by atoms with E-state index >= 15 is 0 Å². The Labute approximate surface area is 184 Å². The van der Waals surface area contributed by atoms with Crippen LogP contribution in [0.5, 0.6) is 5.75 Å². The second kappa shape index (κ2) is 9.97. The molecule has 1 N–H and O–H groups in total. The van der Waals surface area contributed by atoms with E-state index in [-0.39, 0.29) is 12.6 Å². The minimum absolute atomic E-state index is 0.0470. The maximum Gasteiger partial charge on any atom is 0.344 e. The summed E-state index contributed by atoms with van der Waals surface area (Å²) in [5.74, 6) is 0.918. The maximum absolute atomic E-state index is 11.4. The van der Waals surface area contributed by atoms with Crippen LogP contribution < -0.4 is 10.1 Å². The Morgan fingerprint density at radius 1 is 1.03 bits per heavy atom. The average molecular weight is 418 g/mol. The minimum Gasteiger partial charge on any atom is -0.482 e. The lowest BCUT2D eigenvalue weighted by Gasteiger charge is -2.21. The molecule has 0 unspecified atom stereocenters. The van der Waals surface area contributed by atoms with E-state index in [9.17, 15) is 4.79 Å². The minimum atomic E-state index is -0.336. The van der Waals surface area contributed by atoms with Crippen LogP contribution in [-0.2, 0) is 9.53 Å². The van der Waals surface area contributed by atoms with Gasteiger partial charge in [0.2, 0.25) is 0 Å². The Morgan fingerprint density at radius 3 is 2.61 bits per heavy atom. The normalized spacial score (nSPS) is 19.3. The van der Waals surface area contributed by atoms with Crippen molar-refractivity contribution in [2.75, 3.05) is 13.2 Å². The molecular formula is C27H31NO3. The number of nitrogens with one attached hydrogen (secondary N) is 1. The highest BCUT2D eigenvalue weighted by atomic mass is 16.6. The van der Waals surface area contributed by atoms with E-state index in [0.717, 1.165) is 6.42 Å². The first kappa shape index (κ1) is 21.4. The molecular weight excluding hydrogens is 386 g/mol. The van der Waals surface area contributed by atoms with Crippen molar-refractivity contribution in [1.29, 1.82) is 0 Å². The number of benzene rings is 3. The zero-order chi connectivity index (χ0) is 21.6. The van der Waals surface area contributed by atoms with Gasteiger partial charge in [0.1, 0.15) is 5.75 Å². The quantitative estimate of drug-likeness (QED) is 0.473. The van der Waals surface area contributed by atoms with E-state index in [1.165, 1.54) is 34.7 Å². The van der Waals surface area contributed by atoms with Gasteiger partial charge in [-0.3, -0.25) is 0 Å². The summed E-state index contributed by atoms with van der Waals surface area (Å²) in [7, 11) is 0. The molecule has 1 saturated carbocycles. The fraction of sp³-hybridized carbons (Fsp3) is 0.370. The van der Waals surface area contributed by atoms with E-state index in [4.69, 9.17) is 9.47 Å². The molecule has 0 heterocycles. The standard InChI is InChI=1S/C27H31NO3/c1-3-30-27(29)18-31-24-15-12-20(13-16-24)22-11-14-23(17-22)28-19(2)25-10-6-8-21-7-4-5-9-26(21)25/h4-10,12-13,15-16,19,22-23,28H,3,11,14,17-18H2,1-2H3/t19-,22+,23+/m1/s1. The van der Waals surface area contributed by atoms with Gasteiger partial charge in [-0.2, -0.15) is 0 Å². The second-order valence-corrected chi connectivity index (χ2v) is 8.33. The van der Waals surface area contributed by atoms with Crippen LogP contribution in [0.1, 0.15) is 56.2 Å². The molecule has 3 aromatic rings. The highest BCUT2D eigenvalue weighted by Gasteiger charge is 2.27. The van der Waals surface area contributed by atoms with Crippen LogP contribution in [0.2, 0.25) is 0 Å². The van der Waals surface area contributed by atoms with Gasteiger partial charge in [0, 0.05) is 12.1 Å². The van der Waals surface area contributed by atoms with E-state index in [1.54, 1.807) is 6.92 Å². The number of rotatable bonds is 8. The third-order valence-corrected chi connectivity index (χ3v) is 6.22. The zero-order valence-electron chi connectivity index (χ0n) is 18.3. The number of fused-ring (bicyclic) bond motifs is 1. The molecule has 1 aliphatic carbocycles. The van der Waals surface area contributed by atoms with Crippen LogP contribution in [0.15, 0.2) is 66.7 Å². The fourth-order valence-corrected chi connectivity index (χ4v) is 4.69. The van der Waals surface area contributed by atoms with Crippen LogP contribution in [0.3, 0.4) is 0 Å². The number of carbonyl (C=O) groups excluding carboxylic acids is 1. The van der Waals surface area contributed by atoms with Crippen molar-refractivity contribution >= 4 is 16.7 Å². The van der Waals surface area contributed by atoms with Crippen LogP contribution >= 0.6 is 0 Å². The second-order valence-electron chi connectivity index (χ2n) is 8.33. The molecule has 0 saturated heterocycles. The molecule has 4 rings (SSSR count). The maximum atomic E-state index is 11.4. The van der Waals surface area contributed by atoms with Gasteiger partial charge in [-0.1, -0.05) is 54.6 Å². The molecule has 0 aromatic heterocycles. The molecule has 4 nitrogen and oxygen atoms in total. The van der Waals surface area contributed by atoms with Gasteiger partial charge in [0.05, 0.1) is 6.61 Å². The van der Waals surface area contributed by atoms with Gasteiger partial charge >= 0.3 is 5.97 Å². The lowest BCUT2D eigenvalue weighted by atomic mass is 9.96. The molecule has 3 atom stereocenters. The smallest absolute Gasteiger partial charge is 0.344 e. The van der Waals surface area contributed by atoms with Crippen molar-refractivity contribution in [3.05, 3.63) is 77.9 Å². The zero-order valence-corrected chi connectivity index (χ0v) is 18.3. The van der Waals surface area contributed by atoms with Gasteiger partial charge in [-0.25, -0.2) is 4.79 Å². The molecule has 1 aliphatic rings. The predicted molar refractivity (Wildman–Crippen MR) is 124 cm³/mol. The summed E-state index contributed by atoms with van der Waals surface area (Å²) in [6, 6.07) is 24.2. The Morgan fingerprint density at radius 2 is 1.81 bits per heavy atom. The molecule has 0 radical (unpaired) electrons. The van der Waals surface area contributed by atoms with Crippen molar-refractivity contribution in [3.63, 3.8) is 0 Å². The summed E-state index contributed by atoms with van der Waals surface area (Å²) >= 11 is 0. The topological polar surface area (TPSA) is 47.6 Å². The molecule has 31 heavy (non-hydrogen) atoms. The molecule has 0 aliphatic heterocycles. The van der Waals surface area contributed by atoms with Crippen molar-refractivity contribution in [2.24, 2.45) is 0 Å². The highest BCUT2D eigenvalue weighted by Crippen LogP contribution is 2.36. The summed E-state index contributed by atoms with van der Waals surface area (Å²) < 4.78 is 10.4. The fourth-order valence-electron chi connectivity index (χ4n) is 4.69. The van der Waals surface area contributed by atoms with Gasteiger partial charge in [-0.15, -0.1) is 0 Å². The van der Waals surface area contributed by atoms with E-state index in [2.05, 4.69) is 66.8 Å². The van der Waals surface area contributed by atoms with Gasteiger partial charge in [-0.05, 0) is 73.1 Å². The summed E-state index contributed by atoms with van der Waals surface area (Å²) in [6.07, 6.45) is 3.50. The molecule has 0 amide bonds. The number of esters is 1. The van der Waals surface area contributed by atoms with E-state index in [1.807, 2.05) is 12.1 Å². The third kappa shape index (κ3) is 5.26. The molecule has 1 fully saturated rings. The SMILES string of the molecule is CCOC(=O)COc1ccc([C@H]2CC[C@H](N[C@H](C)c3cccc4ccccc34)C2)cc1. The molecule has 162 valence electrons. The molecule has 0 spiro atoms. The lowest BCUT2D eigenvalue weighted by molar-refractivity contribution is -0.145. The monoisotopic (exact) mass is 417 g/mol. The Hall–Kier alpha value is -2.85. The van der Waals surface area contributed by atoms with E-state index < -0.39 is 0 Å². The van der Waals surface area contributed by atoms with Crippen molar-refractivity contribution < 1.29 is 14.3 Å². The molecule has 0 bridgehead atoms. The number of ether oxygens (including phenoxy) is 2. The summed E-state index contributed by atoms with van der Waals surface area (Å²) in [5.41, 5.74) is 2.70. The Balaban J connectivity index is 1.33. The first-order chi connectivity index (χ1) is 15.1. The molecule has 3 aromatic carbocycles. The number of carbonyl (C=O) groups is 1. The highest BCUT2D eigenvalue weighted by molar-refractivity contribution is 5.86. The first-order valence-corrected chi connectivity index (χ1v) is 11.3. The summed E-state index contributed by atoms with van der Waals surface area (Å²) in [6.45, 7) is 4.38. The van der Waals surface area contributed by atoms with Crippen LogP contribution in [0.4, 0.5) is 0 Å². The summed E-state index contributed by atoms with van der Waals surface area (Å²) in [5, 5.41) is 6.49. The number of hydrogen-bond acceptors (Lipinski definition) is 4. The van der Waals surface area contributed by atoms with Crippen LogP contribution in [0.25, 0.3) is 10.8 Å². The van der Waals surface area contributed by atoms with Crippen LogP contribution in [-0.4, -0.2) is 25.2 Å². The Kier molecular flexibility index (Phi) is 6.88. The van der Waals surface area contributed by atoms with Crippen molar-refractivity contribution in [3.8, 4) is 5.75 Å². The third-order valence-electron chi connectivity index (χ3n) is 6.22. The lowest BCUT2D eigenvalue weighted by Crippen LogP contribution is -2.29. The van der Waals surface area contributed by atoms with Gasteiger partial charge < -0.3 is 14.8 Å². The number of hydrogen-bond donors (Lipinski definition) is 1. The summed E-state index contributed by atoms with van der Waals surface area (Å²) in [4.78, 5) is 11.4. The van der Waals surface area contributed by atoms with E-state index in [0.29, 0.717) is 30.4 Å². The predicted octanol–water partition coefficient (Wildman–Crippen LogP) is 5.77. The first-order valence-electron chi connectivity index (χ1n) is 11.3. The molecule has 4 heteroatoms. The largest absolute Gasteiger partial charge is 0.482 e. The van der Waals surface area contributed by atoms with Crippen molar-refractivity contribution in [2.45, 2.75) is 51.1 Å². The van der Waals surface area contributed by atoms with Gasteiger partial charge in [0.15, 0.2) is 6.61 Å². The Bertz CT molecular complexity index is 1010. The average Bonchev–Trinajstić information content (AvgIpc) is 3.26.